The van der Waals surface area contributed by atoms with Crippen LogP contribution in [0, 0.1) is 0 Å². The summed E-state index contributed by atoms with van der Waals surface area (Å²) in [6.07, 6.45) is 0.872. The molecule has 0 amide bonds. The first-order valence-electron chi connectivity index (χ1n) is 5.78. The van der Waals surface area contributed by atoms with Crippen molar-refractivity contribution in [1.29, 1.82) is 0 Å². The van der Waals surface area contributed by atoms with Crippen LogP contribution in [0.3, 0.4) is 0 Å². The fourth-order valence-electron chi connectivity index (χ4n) is 1.84. The van der Waals surface area contributed by atoms with Gasteiger partial charge in [-0.2, -0.15) is 0 Å². The molecule has 2 heterocycles. The van der Waals surface area contributed by atoms with E-state index >= 15 is 0 Å². The van der Waals surface area contributed by atoms with E-state index in [1.54, 1.807) is 4.68 Å². The maximum Gasteiger partial charge on any atom is 0.153 e. The van der Waals surface area contributed by atoms with E-state index in [2.05, 4.69) is 55.0 Å². The Labute approximate surface area is 118 Å². The summed E-state index contributed by atoms with van der Waals surface area (Å²) in [5.41, 5.74) is 2.02. The van der Waals surface area contributed by atoms with E-state index in [9.17, 15) is 0 Å². The monoisotopic (exact) mass is 330 g/mol. The molecular formula is C10H15BrN6S. The number of nitrogens with one attached hydrogen (secondary N) is 1. The summed E-state index contributed by atoms with van der Waals surface area (Å²) in [6, 6.07) is 0.0272. The van der Waals surface area contributed by atoms with Gasteiger partial charge >= 0.3 is 0 Å². The van der Waals surface area contributed by atoms with Crippen LogP contribution in [0.15, 0.2) is 4.60 Å². The number of hydrogen-bond donors (Lipinski definition) is 1. The maximum atomic E-state index is 4.17. The summed E-state index contributed by atoms with van der Waals surface area (Å²) >= 11 is 4.87. The molecule has 0 bridgehead atoms. The third-order valence-corrected chi connectivity index (χ3v) is 4.09. The first-order valence-corrected chi connectivity index (χ1v) is 7.35. The third-order valence-electron chi connectivity index (χ3n) is 2.69. The summed E-state index contributed by atoms with van der Waals surface area (Å²) in [5.74, 6) is 0. The highest BCUT2D eigenvalue weighted by atomic mass is 79.9. The van der Waals surface area contributed by atoms with Crippen molar-refractivity contribution in [3.05, 3.63) is 20.9 Å². The Bertz CT molecular complexity index is 503. The topological polar surface area (TPSA) is 68.5 Å². The quantitative estimate of drug-likeness (QED) is 0.903. The molecular weight excluding hydrogens is 316 g/mol. The molecule has 0 aliphatic carbocycles. The molecule has 2 rings (SSSR count). The van der Waals surface area contributed by atoms with Gasteiger partial charge in [-0.25, -0.2) is 4.68 Å². The molecule has 2 aromatic rings. The summed E-state index contributed by atoms with van der Waals surface area (Å²) in [7, 11) is 1.89. The van der Waals surface area contributed by atoms with Crippen LogP contribution >= 0.6 is 27.5 Å². The number of hydrogen-bond acceptors (Lipinski definition) is 6. The summed E-state index contributed by atoms with van der Waals surface area (Å²) in [5, 5.41) is 15.7. The van der Waals surface area contributed by atoms with Crippen LogP contribution in [-0.4, -0.2) is 31.1 Å². The average molecular weight is 331 g/mol. The van der Waals surface area contributed by atoms with Crippen LogP contribution in [0.2, 0.25) is 0 Å². The van der Waals surface area contributed by atoms with E-state index in [1.165, 1.54) is 11.5 Å². The minimum atomic E-state index is 0.0272. The Kier molecular flexibility index (Phi) is 4.41. The molecule has 98 valence electrons. The first-order chi connectivity index (χ1) is 8.69. The van der Waals surface area contributed by atoms with Gasteiger partial charge in [0.1, 0.15) is 0 Å². The van der Waals surface area contributed by atoms with Gasteiger partial charge in [-0.05, 0) is 40.4 Å². The number of rotatable bonds is 5. The molecule has 1 unspecified atom stereocenters. The minimum absolute atomic E-state index is 0.0272. The Hall–Kier alpha value is -0.860. The van der Waals surface area contributed by atoms with Gasteiger partial charge in [-0.1, -0.05) is 23.5 Å². The summed E-state index contributed by atoms with van der Waals surface area (Å²) in [4.78, 5) is 1.13. The lowest BCUT2D eigenvalue weighted by Crippen LogP contribution is -2.24. The van der Waals surface area contributed by atoms with Gasteiger partial charge in [0.05, 0.1) is 22.3 Å². The van der Waals surface area contributed by atoms with Crippen LogP contribution in [-0.2, 0) is 13.5 Å². The van der Waals surface area contributed by atoms with Crippen LogP contribution in [0.1, 0.15) is 36.2 Å². The molecule has 0 spiro atoms. The lowest BCUT2D eigenvalue weighted by atomic mass is 10.1. The standard InChI is InChI=1S/C10H15BrN6S/c1-4-6-9(18-16-13-6)7(12-5-2)8-10(11)14-15-17(8)3/h7,12H,4-5H2,1-3H3. The van der Waals surface area contributed by atoms with Gasteiger partial charge in [0.15, 0.2) is 4.60 Å². The largest absolute Gasteiger partial charge is 0.304 e. The Morgan fingerprint density at radius 3 is 2.72 bits per heavy atom. The molecule has 1 atom stereocenters. The fourth-order valence-corrected chi connectivity index (χ4v) is 3.22. The van der Waals surface area contributed by atoms with Gasteiger partial charge in [0, 0.05) is 7.05 Å². The predicted octanol–water partition coefficient (Wildman–Crippen LogP) is 1.69. The minimum Gasteiger partial charge on any atom is -0.304 e. The Morgan fingerprint density at radius 2 is 2.17 bits per heavy atom. The molecule has 0 aliphatic heterocycles. The molecule has 2 aromatic heterocycles. The normalized spacial score (nSPS) is 12.9. The summed E-state index contributed by atoms with van der Waals surface area (Å²) < 4.78 is 6.58. The van der Waals surface area contributed by atoms with E-state index in [-0.39, 0.29) is 6.04 Å². The Balaban J connectivity index is 2.46. The van der Waals surface area contributed by atoms with Crippen LogP contribution < -0.4 is 5.32 Å². The molecule has 0 saturated carbocycles. The zero-order valence-electron chi connectivity index (χ0n) is 10.5. The predicted molar refractivity (Wildman–Crippen MR) is 73.5 cm³/mol. The molecule has 0 radical (unpaired) electrons. The molecule has 0 saturated heterocycles. The zero-order chi connectivity index (χ0) is 13.1. The van der Waals surface area contributed by atoms with E-state index in [0.717, 1.165) is 33.8 Å². The third kappa shape index (κ3) is 2.45. The second kappa shape index (κ2) is 5.85. The van der Waals surface area contributed by atoms with Crippen molar-refractivity contribution >= 4 is 27.5 Å². The van der Waals surface area contributed by atoms with Crippen LogP contribution in [0.4, 0.5) is 0 Å². The maximum absolute atomic E-state index is 4.17. The van der Waals surface area contributed by atoms with Crippen LogP contribution in [0.25, 0.3) is 0 Å². The van der Waals surface area contributed by atoms with Crippen molar-refractivity contribution in [1.82, 2.24) is 29.9 Å². The van der Waals surface area contributed by atoms with Gasteiger partial charge in [0.25, 0.3) is 0 Å². The van der Waals surface area contributed by atoms with Crippen molar-refractivity contribution < 1.29 is 0 Å². The number of halogens is 1. The van der Waals surface area contributed by atoms with E-state index in [4.69, 9.17) is 0 Å². The smallest absolute Gasteiger partial charge is 0.153 e. The highest BCUT2D eigenvalue weighted by Crippen LogP contribution is 2.30. The Morgan fingerprint density at radius 1 is 1.39 bits per heavy atom. The average Bonchev–Trinajstić information content (AvgIpc) is 2.94. The number of aryl methyl sites for hydroxylation is 2. The molecule has 1 N–H and O–H groups in total. The molecule has 0 fully saturated rings. The molecule has 8 heteroatoms. The molecule has 0 aromatic carbocycles. The molecule has 18 heavy (non-hydrogen) atoms. The molecule has 6 nitrogen and oxygen atoms in total. The number of aromatic nitrogens is 5. The van der Waals surface area contributed by atoms with Gasteiger partial charge in [-0.15, -0.1) is 10.2 Å². The SMILES string of the molecule is CCNC(c1snnc1CC)c1c(Br)nnn1C. The van der Waals surface area contributed by atoms with Crippen LogP contribution in [0.5, 0.6) is 0 Å². The zero-order valence-corrected chi connectivity index (χ0v) is 12.9. The van der Waals surface area contributed by atoms with Crippen molar-refractivity contribution in [3.63, 3.8) is 0 Å². The van der Waals surface area contributed by atoms with Gasteiger partial charge < -0.3 is 5.32 Å². The lowest BCUT2D eigenvalue weighted by Gasteiger charge is -2.17. The fraction of sp³-hybridized carbons (Fsp3) is 0.600. The van der Waals surface area contributed by atoms with Gasteiger partial charge in [-0.3, -0.25) is 0 Å². The second-order valence-corrected chi connectivity index (χ2v) is 5.35. The number of nitrogens with zero attached hydrogens (tertiary/aromatic N) is 5. The van der Waals surface area contributed by atoms with Crippen molar-refractivity contribution in [2.45, 2.75) is 26.3 Å². The second-order valence-electron chi connectivity index (χ2n) is 3.82. The van der Waals surface area contributed by atoms with Gasteiger partial charge in [0.2, 0.25) is 0 Å². The summed E-state index contributed by atoms with van der Waals surface area (Å²) in [6.45, 7) is 5.01. The van der Waals surface area contributed by atoms with E-state index in [0.29, 0.717) is 0 Å². The first kappa shape index (κ1) is 13.6. The van der Waals surface area contributed by atoms with Crippen molar-refractivity contribution in [3.8, 4) is 0 Å². The highest BCUT2D eigenvalue weighted by Gasteiger charge is 2.25. The van der Waals surface area contributed by atoms with E-state index in [1.807, 2.05) is 7.05 Å². The molecule has 0 aliphatic rings. The lowest BCUT2D eigenvalue weighted by molar-refractivity contribution is 0.569. The highest BCUT2D eigenvalue weighted by molar-refractivity contribution is 9.10. The van der Waals surface area contributed by atoms with Crippen molar-refractivity contribution in [2.75, 3.05) is 6.54 Å². The van der Waals surface area contributed by atoms with Crippen molar-refractivity contribution in [2.24, 2.45) is 7.05 Å². The van der Waals surface area contributed by atoms with E-state index < -0.39 is 0 Å².